The molecule has 0 aromatic carbocycles. The highest BCUT2D eigenvalue weighted by Crippen LogP contribution is 2.26. The van der Waals surface area contributed by atoms with E-state index >= 15 is 0 Å². The third-order valence-electron chi connectivity index (χ3n) is 1.80. The molecule has 2 aliphatic rings. The molecule has 82 valence electrons. The van der Waals surface area contributed by atoms with Crippen molar-refractivity contribution in [1.29, 1.82) is 0 Å². The SMILES string of the molecule is O[C@@H]1OC2O[C@H](O)[C@@H](O)OC2O[C@@H]1O. The molecule has 8 heteroatoms. The quantitative estimate of drug-likeness (QED) is 0.334. The van der Waals surface area contributed by atoms with Crippen molar-refractivity contribution in [1.82, 2.24) is 0 Å². The van der Waals surface area contributed by atoms with Crippen LogP contribution >= 0.6 is 0 Å². The zero-order valence-corrected chi connectivity index (χ0v) is 6.89. The lowest BCUT2D eigenvalue weighted by atomic mass is 10.4. The summed E-state index contributed by atoms with van der Waals surface area (Å²) in [6, 6.07) is 0. The van der Waals surface area contributed by atoms with Crippen molar-refractivity contribution >= 4 is 0 Å². The molecule has 0 radical (unpaired) electrons. The van der Waals surface area contributed by atoms with E-state index in [-0.39, 0.29) is 0 Å². The van der Waals surface area contributed by atoms with Crippen molar-refractivity contribution in [2.45, 2.75) is 37.7 Å². The summed E-state index contributed by atoms with van der Waals surface area (Å²) in [6.07, 6.45) is -8.70. The van der Waals surface area contributed by atoms with E-state index in [4.69, 9.17) is 20.4 Å². The van der Waals surface area contributed by atoms with Crippen LogP contribution in [0.4, 0.5) is 0 Å². The molecule has 2 saturated heterocycles. The number of aliphatic hydroxyl groups is 4. The Morgan fingerprint density at radius 1 is 0.500 bits per heavy atom. The van der Waals surface area contributed by atoms with Crippen molar-refractivity contribution in [3.63, 3.8) is 0 Å². The fourth-order valence-electron chi connectivity index (χ4n) is 1.14. The number of ether oxygens (including phenoxy) is 4. The number of hydrogen-bond acceptors (Lipinski definition) is 8. The van der Waals surface area contributed by atoms with E-state index in [1.165, 1.54) is 0 Å². The smallest absolute Gasteiger partial charge is 0.215 e. The van der Waals surface area contributed by atoms with Crippen molar-refractivity contribution in [3.8, 4) is 0 Å². The van der Waals surface area contributed by atoms with Gasteiger partial charge in [-0.25, -0.2) is 0 Å². The maximum Gasteiger partial charge on any atom is 0.215 e. The van der Waals surface area contributed by atoms with Crippen LogP contribution < -0.4 is 0 Å². The molecular formula is C6H10O8. The van der Waals surface area contributed by atoms with Crippen LogP contribution in [0.25, 0.3) is 0 Å². The topological polar surface area (TPSA) is 118 Å². The van der Waals surface area contributed by atoms with E-state index in [0.29, 0.717) is 0 Å². The third kappa shape index (κ3) is 1.74. The Morgan fingerprint density at radius 2 is 0.714 bits per heavy atom. The van der Waals surface area contributed by atoms with E-state index < -0.39 is 37.7 Å². The fourth-order valence-corrected chi connectivity index (χ4v) is 1.14. The van der Waals surface area contributed by atoms with Gasteiger partial charge in [-0.05, 0) is 0 Å². The van der Waals surface area contributed by atoms with Crippen molar-refractivity contribution in [2.75, 3.05) is 0 Å². The highest BCUT2D eigenvalue weighted by Gasteiger charge is 2.45. The van der Waals surface area contributed by atoms with Crippen LogP contribution in [0.2, 0.25) is 0 Å². The van der Waals surface area contributed by atoms with Gasteiger partial charge >= 0.3 is 0 Å². The van der Waals surface area contributed by atoms with Gasteiger partial charge in [0.25, 0.3) is 0 Å². The molecule has 0 bridgehead atoms. The first-order valence-electron chi connectivity index (χ1n) is 3.92. The van der Waals surface area contributed by atoms with Crippen LogP contribution in [0.1, 0.15) is 0 Å². The Kier molecular flexibility index (Phi) is 2.68. The summed E-state index contributed by atoms with van der Waals surface area (Å²) in [7, 11) is 0. The molecule has 2 unspecified atom stereocenters. The first-order valence-corrected chi connectivity index (χ1v) is 3.92. The summed E-state index contributed by atoms with van der Waals surface area (Å²) in [4.78, 5) is 0. The van der Waals surface area contributed by atoms with E-state index in [9.17, 15) is 0 Å². The fraction of sp³-hybridized carbons (Fsp3) is 1.00. The van der Waals surface area contributed by atoms with Crippen LogP contribution in [0.3, 0.4) is 0 Å². The van der Waals surface area contributed by atoms with Gasteiger partial charge in [-0.15, -0.1) is 0 Å². The van der Waals surface area contributed by atoms with Gasteiger partial charge in [0.15, 0.2) is 0 Å². The summed E-state index contributed by atoms with van der Waals surface area (Å²) < 4.78 is 18.7. The predicted octanol–water partition coefficient (Wildman–Crippen LogP) is -2.99. The molecule has 0 saturated carbocycles. The first-order chi connectivity index (χ1) is 6.58. The third-order valence-corrected chi connectivity index (χ3v) is 1.80. The van der Waals surface area contributed by atoms with Gasteiger partial charge in [0.05, 0.1) is 0 Å². The lowest BCUT2D eigenvalue weighted by molar-refractivity contribution is -0.494. The second-order valence-electron chi connectivity index (χ2n) is 2.84. The number of rotatable bonds is 0. The van der Waals surface area contributed by atoms with Gasteiger partial charge in [-0.1, -0.05) is 0 Å². The van der Waals surface area contributed by atoms with Crippen LogP contribution in [0.15, 0.2) is 0 Å². The Hall–Kier alpha value is -0.320. The monoisotopic (exact) mass is 210 g/mol. The molecular weight excluding hydrogens is 200 g/mol. The molecule has 0 aromatic heterocycles. The summed E-state index contributed by atoms with van der Waals surface area (Å²) in [6.45, 7) is 0. The summed E-state index contributed by atoms with van der Waals surface area (Å²) in [5, 5.41) is 36.0. The summed E-state index contributed by atoms with van der Waals surface area (Å²) in [5.74, 6) is 0. The zero-order chi connectivity index (χ0) is 10.3. The largest absolute Gasteiger partial charge is 0.364 e. The molecule has 4 N–H and O–H groups in total. The lowest BCUT2D eigenvalue weighted by Crippen LogP contribution is -2.58. The van der Waals surface area contributed by atoms with Crippen LogP contribution in [-0.2, 0) is 18.9 Å². The predicted molar refractivity (Wildman–Crippen MR) is 35.9 cm³/mol. The van der Waals surface area contributed by atoms with Crippen molar-refractivity contribution < 1.29 is 39.4 Å². The van der Waals surface area contributed by atoms with E-state index in [2.05, 4.69) is 18.9 Å². The average Bonchev–Trinajstić information content (AvgIpc) is 2.11. The van der Waals surface area contributed by atoms with E-state index in [1.807, 2.05) is 0 Å². The maximum absolute atomic E-state index is 8.99. The molecule has 2 fully saturated rings. The van der Waals surface area contributed by atoms with Crippen LogP contribution in [0, 0.1) is 0 Å². The molecule has 0 aliphatic carbocycles. The molecule has 2 rings (SSSR count). The van der Waals surface area contributed by atoms with Gasteiger partial charge in [0.2, 0.25) is 37.7 Å². The van der Waals surface area contributed by atoms with E-state index in [1.54, 1.807) is 0 Å². The van der Waals surface area contributed by atoms with Crippen LogP contribution in [-0.4, -0.2) is 58.2 Å². The minimum Gasteiger partial charge on any atom is -0.364 e. The van der Waals surface area contributed by atoms with Crippen LogP contribution in [0.5, 0.6) is 0 Å². The minimum atomic E-state index is -1.58. The first kappa shape index (κ1) is 10.2. The van der Waals surface area contributed by atoms with Gasteiger partial charge in [-0.3, -0.25) is 0 Å². The number of hydrogen-bond donors (Lipinski definition) is 4. The van der Waals surface area contributed by atoms with Gasteiger partial charge < -0.3 is 39.4 Å². The summed E-state index contributed by atoms with van der Waals surface area (Å²) in [5.41, 5.74) is 0. The second kappa shape index (κ2) is 3.68. The van der Waals surface area contributed by atoms with Crippen molar-refractivity contribution in [2.24, 2.45) is 0 Å². The Bertz CT molecular complexity index is 168. The molecule has 6 atom stereocenters. The number of fused-ring (bicyclic) bond motifs is 1. The molecule has 2 aliphatic heterocycles. The standard InChI is InChI=1S/C6H10O8/c7-1-2(8)12-6-5(11-1)13-3(9)4(10)14-6/h1-10H/t1-,2-,3-,4+,5?,6?/m0/s1. The van der Waals surface area contributed by atoms with Crippen molar-refractivity contribution in [3.05, 3.63) is 0 Å². The Labute approximate surface area is 78.2 Å². The highest BCUT2D eigenvalue weighted by atomic mass is 16.9. The molecule has 2 heterocycles. The normalized spacial score (nSPS) is 54.0. The Balaban J connectivity index is 2.01. The Morgan fingerprint density at radius 3 is 0.929 bits per heavy atom. The summed E-state index contributed by atoms with van der Waals surface area (Å²) >= 11 is 0. The molecule has 14 heavy (non-hydrogen) atoms. The lowest BCUT2D eigenvalue weighted by Gasteiger charge is -2.42. The maximum atomic E-state index is 8.99. The zero-order valence-electron chi connectivity index (χ0n) is 6.89. The highest BCUT2D eigenvalue weighted by molar-refractivity contribution is 4.68. The second-order valence-corrected chi connectivity index (χ2v) is 2.84. The molecule has 8 nitrogen and oxygen atoms in total. The van der Waals surface area contributed by atoms with Gasteiger partial charge in [-0.2, -0.15) is 0 Å². The number of aliphatic hydroxyl groups excluding tert-OH is 4. The minimum absolute atomic E-state index is 1.19. The molecule has 0 amide bonds. The molecule has 0 spiro atoms. The van der Waals surface area contributed by atoms with Gasteiger partial charge in [0.1, 0.15) is 0 Å². The van der Waals surface area contributed by atoms with Gasteiger partial charge in [0, 0.05) is 0 Å². The molecule has 0 aromatic rings. The van der Waals surface area contributed by atoms with E-state index in [0.717, 1.165) is 0 Å². The average molecular weight is 210 g/mol.